The molecule has 1 aliphatic heterocycles. The van der Waals surface area contributed by atoms with Crippen LogP contribution >= 0.6 is 0 Å². The SMILES string of the molecule is O=C(O)CCN1CCCC(OCc2ccc(F)cc2)C1. The average molecular weight is 281 g/mol. The maximum absolute atomic E-state index is 12.8. The summed E-state index contributed by atoms with van der Waals surface area (Å²) in [5.41, 5.74) is 0.953. The molecule has 0 bridgehead atoms. The molecule has 0 aliphatic carbocycles. The van der Waals surface area contributed by atoms with Crippen LogP contribution < -0.4 is 0 Å². The topological polar surface area (TPSA) is 49.8 Å². The minimum atomic E-state index is -0.764. The third-order valence-corrected chi connectivity index (χ3v) is 3.50. The number of halogens is 1. The van der Waals surface area contributed by atoms with Gasteiger partial charge < -0.3 is 14.7 Å². The lowest BCUT2D eigenvalue weighted by atomic mass is 10.1. The van der Waals surface area contributed by atoms with Crippen LogP contribution in [0.3, 0.4) is 0 Å². The predicted octanol–water partition coefficient (Wildman–Crippen LogP) is 2.28. The van der Waals surface area contributed by atoms with Crippen LogP contribution in [0.4, 0.5) is 4.39 Å². The molecule has 0 spiro atoms. The first-order valence-corrected chi connectivity index (χ1v) is 6.93. The number of nitrogens with zero attached hydrogens (tertiary/aromatic N) is 1. The third kappa shape index (κ3) is 4.90. The molecule has 1 aliphatic rings. The van der Waals surface area contributed by atoms with Gasteiger partial charge in [0.05, 0.1) is 19.1 Å². The number of carboxylic acids is 1. The molecule has 0 saturated carbocycles. The summed E-state index contributed by atoms with van der Waals surface area (Å²) >= 11 is 0. The standard InChI is InChI=1S/C15H20FNO3/c16-13-5-3-12(4-6-13)11-20-14-2-1-8-17(10-14)9-7-15(18)19/h3-6,14H,1-2,7-11H2,(H,18,19). The lowest BCUT2D eigenvalue weighted by Gasteiger charge is -2.32. The number of rotatable bonds is 6. The number of piperidine rings is 1. The molecular weight excluding hydrogens is 261 g/mol. The maximum atomic E-state index is 12.8. The molecule has 1 atom stereocenters. The van der Waals surface area contributed by atoms with Crippen LogP contribution in [0.2, 0.25) is 0 Å². The molecule has 1 unspecified atom stereocenters. The zero-order chi connectivity index (χ0) is 14.4. The Morgan fingerprint density at radius 1 is 1.40 bits per heavy atom. The summed E-state index contributed by atoms with van der Waals surface area (Å²) in [5, 5.41) is 8.70. The molecule has 1 aromatic rings. The van der Waals surface area contributed by atoms with E-state index in [1.54, 1.807) is 12.1 Å². The Hall–Kier alpha value is -1.46. The van der Waals surface area contributed by atoms with E-state index in [1.807, 2.05) is 0 Å². The van der Waals surface area contributed by atoms with Crippen LogP contribution in [-0.2, 0) is 16.1 Å². The Morgan fingerprint density at radius 2 is 2.15 bits per heavy atom. The van der Waals surface area contributed by atoms with Crippen molar-refractivity contribution in [2.24, 2.45) is 0 Å². The zero-order valence-electron chi connectivity index (χ0n) is 11.4. The number of carboxylic acid groups (broad SMARTS) is 1. The lowest BCUT2D eigenvalue weighted by molar-refractivity contribution is -0.137. The van der Waals surface area contributed by atoms with Gasteiger partial charge in [0.25, 0.3) is 0 Å². The van der Waals surface area contributed by atoms with Crippen molar-refractivity contribution in [2.45, 2.75) is 32.0 Å². The molecule has 0 aromatic heterocycles. The van der Waals surface area contributed by atoms with Gasteiger partial charge in [-0.1, -0.05) is 12.1 Å². The van der Waals surface area contributed by atoms with Crippen molar-refractivity contribution in [1.29, 1.82) is 0 Å². The summed E-state index contributed by atoms with van der Waals surface area (Å²) in [6, 6.07) is 6.30. The molecule has 4 nitrogen and oxygen atoms in total. The molecule has 2 rings (SSSR count). The smallest absolute Gasteiger partial charge is 0.304 e. The third-order valence-electron chi connectivity index (χ3n) is 3.50. The summed E-state index contributed by atoms with van der Waals surface area (Å²) in [5.74, 6) is -1.01. The van der Waals surface area contributed by atoms with E-state index in [4.69, 9.17) is 9.84 Å². The van der Waals surface area contributed by atoms with Crippen molar-refractivity contribution < 1.29 is 19.0 Å². The van der Waals surface area contributed by atoms with Crippen LogP contribution in [0.1, 0.15) is 24.8 Å². The first-order valence-electron chi connectivity index (χ1n) is 6.93. The number of hydrogen-bond acceptors (Lipinski definition) is 3. The largest absolute Gasteiger partial charge is 0.481 e. The molecule has 1 aromatic carbocycles. The molecule has 0 radical (unpaired) electrons. The van der Waals surface area contributed by atoms with E-state index in [1.165, 1.54) is 12.1 Å². The van der Waals surface area contributed by atoms with E-state index in [0.717, 1.165) is 31.5 Å². The summed E-state index contributed by atoms with van der Waals surface area (Å²) < 4.78 is 18.6. The molecular formula is C15H20FNO3. The molecule has 0 amide bonds. The number of carbonyl (C=O) groups is 1. The monoisotopic (exact) mass is 281 g/mol. The minimum Gasteiger partial charge on any atom is -0.481 e. The average Bonchev–Trinajstić information content (AvgIpc) is 2.45. The molecule has 1 fully saturated rings. The van der Waals surface area contributed by atoms with E-state index >= 15 is 0 Å². The van der Waals surface area contributed by atoms with Gasteiger partial charge in [-0.2, -0.15) is 0 Å². The van der Waals surface area contributed by atoms with Crippen molar-refractivity contribution in [3.8, 4) is 0 Å². The fourth-order valence-corrected chi connectivity index (χ4v) is 2.40. The summed E-state index contributed by atoms with van der Waals surface area (Å²) in [6.45, 7) is 2.75. The fraction of sp³-hybridized carbons (Fsp3) is 0.533. The molecule has 5 heteroatoms. The number of aliphatic carboxylic acids is 1. The minimum absolute atomic E-state index is 0.127. The van der Waals surface area contributed by atoms with Crippen LogP contribution in [0.25, 0.3) is 0 Å². The molecule has 1 N–H and O–H groups in total. The Morgan fingerprint density at radius 3 is 2.85 bits per heavy atom. The van der Waals surface area contributed by atoms with Gasteiger partial charge in [-0.15, -0.1) is 0 Å². The quantitative estimate of drug-likeness (QED) is 0.869. The van der Waals surface area contributed by atoms with Gasteiger partial charge in [0.15, 0.2) is 0 Å². The van der Waals surface area contributed by atoms with Gasteiger partial charge in [0, 0.05) is 13.1 Å². The van der Waals surface area contributed by atoms with E-state index in [2.05, 4.69) is 4.90 Å². The van der Waals surface area contributed by atoms with Crippen LogP contribution in [0.5, 0.6) is 0 Å². The van der Waals surface area contributed by atoms with Gasteiger partial charge in [0.2, 0.25) is 0 Å². The lowest BCUT2D eigenvalue weighted by Crippen LogP contribution is -2.40. The number of ether oxygens (including phenoxy) is 1. The Kier molecular flexibility index (Phi) is 5.49. The predicted molar refractivity (Wildman–Crippen MR) is 72.9 cm³/mol. The molecule has 1 heterocycles. The first-order chi connectivity index (χ1) is 9.63. The second-order valence-electron chi connectivity index (χ2n) is 5.15. The van der Waals surface area contributed by atoms with Crippen LogP contribution in [0.15, 0.2) is 24.3 Å². The summed E-state index contributed by atoms with van der Waals surface area (Å²) in [7, 11) is 0. The van der Waals surface area contributed by atoms with E-state index < -0.39 is 5.97 Å². The van der Waals surface area contributed by atoms with E-state index in [-0.39, 0.29) is 18.3 Å². The van der Waals surface area contributed by atoms with Crippen molar-refractivity contribution in [1.82, 2.24) is 4.90 Å². The number of benzene rings is 1. The number of likely N-dealkylation sites (tertiary alicyclic amines) is 1. The van der Waals surface area contributed by atoms with Crippen molar-refractivity contribution in [3.05, 3.63) is 35.6 Å². The van der Waals surface area contributed by atoms with Gasteiger partial charge >= 0.3 is 5.97 Å². The highest BCUT2D eigenvalue weighted by molar-refractivity contribution is 5.66. The first kappa shape index (κ1) is 14.9. The van der Waals surface area contributed by atoms with Gasteiger partial charge in [0.1, 0.15) is 5.82 Å². The van der Waals surface area contributed by atoms with Gasteiger partial charge in [-0.25, -0.2) is 4.39 Å². The van der Waals surface area contributed by atoms with Crippen LogP contribution in [0, 0.1) is 5.82 Å². The summed E-state index contributed by atoms with van der Waals surface area (Å²) in [4.78, 5) is 12.7. The second kappa shape index (κ2) is 7.36. The van der Waals surface area contributed by atoms with Gasteiger partial charge in [-0.05, 0) is 37.1 Å². The second-order valence-corrected chi connectivity index (χ2v) is 5.15. The highest BCUT2D eigenvalue weighted by atomic mass is 19.1. The fourth-order valence-electron chi connectivity index (χ4n) is 2.40. The van der Waals surface area contributed by atoms with Crippen molar-refractivity contribution in [3.63, 3.8) is 0 Å². The maximum Gasteiger partial charge on any atom is 0.304 e. The summed E-state index contributed by atoms with van der Waals surface area (Å²) in [6.07, 6.45) is 2.31. The Bertz CT molecular complexity index is 435. The number of hydrogen-bond donors (Lipinski definition) is 1. The Labute approximate surface area is 118 Å². The molecule has 20 heavy (non-hydrogen) atoms. The normalized spacial score (nSPS) is 19.9. The van der Waals surface area contributed by atoms with Crippen LogP contribution in [-0.4, -0.2) is 41.7 Å². The zero-order valence-corrected chi connectivity index (χ0v) is 11.4. The van der Waals surface area contributed by atoms with E-state index in [9.17, 15) is 9.18 Å². The Balaban J connectivity index is 1.75. The highest BCUT2D eigenvalue weighted by Crippen LogP contribution is 2.15. The van der Waals surface area contributed by atoms with E-state index in [0.29, 0.717) is 13.2 Å². The van der Waals surface area contributed by atoms with Crippen molar-refractivity contribution >= 4 is 5.97 Å². The molecule has 1 saturated heterocycles. The highest BCUT2D eigenvalue weighted by Gasteiger charge is 2.20. The van der Waals surface area contributed by atoms with Crippen molar-refractivity contribution in [2.75, 3.05) is 19.6 Å². The molecule has 110 valence electrons. The van der Waals surface area contributed by atoms with Gasteiger partial charge in [-0.3, -0.25) is 4.79 Å².